The number of aryl methyl sites for hydroxylation is 2. The zero-order chi connectivity index (χ0) is 13.7. The standard InChI is InChI=1S/C14H17N3O2/c1-18-12-5-3-10(7-13(12)19-2)4-6-14-16-8-11(15)9-17-14/h3,5,7-9H,4,6,15H2,1-2H3. The van der Waals surface area contributed by atoms with E-state index >= 15 is 0 Å². The molecule has 0 saturated heterocycles. The molecule has 0 fully saturated rings. The summed E-state index contributed by atoms with van der Waals surface area (Å²) in [6, 6.07) is 5.88. The minimum atomic E-state index is 0.579. The Morgan fingerprint density at radius 1 is 1.00 bits per heavy atom. The second-order valence-corrected chi connectivity index (χ2v) is 4.12. The van der Waals surface area contributed by atoms with Gasteiger partial charge in [-0.15, -0.1) is 0 Å². The molecule has 0 atom stereocenters. The van der Waals surface area contributed by atoms with Crippen LogP contribution in [0.4, 0.5) is 5.69 Å². The zero-order valence-electron chi connectivity index (χ0n) is 11.1. The minimum absolute atomic E-state index is 0.579. The molecule has 1 aromatic heterocycles. The highest BCUT2D eigenvalue weighted by molar-refractivity contribution is 5.43. The highest BCUT2D eigenvalue weighted by Crippen LogP contribution is 2.27. The van der Waals surface area contributed by atoms with Gasteiger partial charge in [0.2, 0.25) is 0 Å². The molecule has 0 radical (unpaired) electrons. The maximum atomic E-state index is 5.55. The van der Waals surface area contributed by atoms with Crippen molar-refractivity contribution in [2.45, 2.75) is 12.8 Å². The first kappa shape index (κ1) is 13.1. The largest absolute Gasteiger partial charge is 0.493 e. The molecular weight excluding hydrogens is 242 g/mol. The molecule has 0 saturated carbocycles. The van der Waals surface area contributed by atoms with E-state index < -0.39 is 0 Å². The maximum absolute atomic E-state index is 5.55. The zero-order valence-corrected chi connectivity index (χ0v) is 11.1. The van der Waals surface area contributed by atoms with Crippen molar-refractivity contribution < 1.29 is 9.47 Å². The third-order valence-corrected chi connectivity index (χ3v) is 2.81. The number of aromatic nitrogens is 2. The smallest absolute Gasteiger partial charge is 0.160 e. The van der Waals surface area contributed by atoms with Crippen molar-refractivity contribution in [1.29, 1.82) is 0 Å². The lowest BCUT2D eigenvalue weighted by molar-refractivity contribution is 0.354. The first-order valence-corrected chi connectivity index (χ1v) is 6.00. The molecule has 1 heterocycles. The average molecular weight is 259 g/mol. The van der Waals surface area contributed by atoms with Crippen LogP contribution in [0.5, 0.6) is 11.5 Å². The second kappa shape index (κ2) is 6.04. The molecule has 100 valence electrons. The molecule has 0 bridgehead atoms. The number of anilines is 1. The van der Waals surface area contributed by atoms with Gasteiger partial charge in [0.05, 0.1) is 32.3 Å². The van der Waals surface area contributed by atoms with Crippen molar-refractivity contribution in [3.8, 4) is 11.5 Å². The lowest BCUT2D eigenvalue weighted by Gasteiger charge is -2.09. The Morgan fingerprint density at radius 3 is 2.32 bits per heavy atom. The molecule has 5 nitrogen and oxygen atoms in total. The molecule has 0 amide bonds. The Kier molecular flexibility index (Phi) is 4.18. The van der Waals surface area contributed by atoms with Crippen LogP contribution in [0.3, 0.4) is 0 Å². The highest BCUT2D eigenvalue weighted by atomic mass is 16.5. The number of benzene rings is 1. The number of nitrogens with two attached hydrogens (primary N) is 1. The van der Waals surface area contributed by atoms with Crippen LogP contribution in [0, 0.1) is 0 Å². The van der Waals surface area contributed by atoms with E-state index in [-0.39, 0.29) is 0 Å². The van der Waals surface area contributed by atoms with Crippen LogP contribution in [0.15, 0.2) is 30.6 Å². The Labute approximate surface area is 112 Å². The van der Waals surface area contributed by atoms with E-state index in [4.69, 9.17) is 15.2 Å². The van der Waals surface area contributed by atoms with Crippen LogP contribution in [0.1, 0.15) is 11.4 Å². The molecule has 0 spiro atoms. The molecule has 0 aliphatic carbocycles. The molecule has 2 aromatic rings. The van der Waals surface area contributed by atoms with E-state index in [1.54, 1.807) is 26.6 Å². The molecule has 5 heteroatoms. The number of nitrogens with zero attached hydrogens (tertiary/aromatic N) is 2. The summed E-state index contributed by atoms with van der Waals surface area (Å²) in [4.78, 5) is 8.36. The summed E-state index contributed by atoms with van der Waals surface area (Å²) in [6.45, 7) is 0. The molecular formula is C14H17N3O2. The predicted molar refractivity (Wildman–Crippen MR) is 73.4 cm³/mol. The van der Waals surface area contributed by atoms with Crippen LogP contribution < -0.4 is 15.2 Å². The first-order valence-electron chi connectivity index (χ1n) is 6.00. The Bertz CT molecular complexity index is 541. The van der Waals surface area contributed by atoms with Gasteiger partial charge in [-0.25, -0.2) is 9.97 Å². The van der Waals surface area contributed by atoms with Gasteiger partial charge in [-0.1, -0.05) is 6.07 Å². The molecule has 2 rings (SSSR count). The SMILES string of the molecule is COc1ccc(CCc2ncc(N)cn2)cc1OC. The third-order valence-electron chi connectivity index (χ3n) is 2.81. The van der Waals surface area contributed by atoms with Crippen molar-refractivity contribution in [3.63, 3.8) is 0 Å². The van der Waals surface area contributed by atoms with Gasteiger partial charge in [0.1, 0.15) is 5.82 Å². The van der Waals surface area contributed by atoms with Gasteiger partial charge >= 0.3 is 0 Å². The second-order valence-electron chi connectivity index (χ2n) is 4.12. The summed E-state index contributed by atoms with van der Waals surface area (Å²) in [7, 11) is 3.25. The molecule has 19 heavy (non-hydrogen) atoms. The summed E-state index contributed by atoms with van der Waals surface area (Å²) in [5.41, 5.74) is 7.28. The van der Waals surface area contributed by atoms with Crippen LogP contribution in [0.25, 0.3) is 0 Å². The molecule has 2 N–H and O–H groups in total. The minimum Gasteiger partial charge on any atom is -0.493 e. The quantitative estimate of drug-likeness (QED) is 0.887. The van der Waals surface area contributed by atoms with Crippen molar-refractivity contribution in [3.05, 3.63) is 42.0 Å². The van der Waals surface area contributed by atoms with E-state index in [1.807, 2.05) is 18.2 Å². The number of methoxy groups -OCH3 is 2. The van der Waals surface area contributed by atoms with Crippen LogP contribution in [-0.4, -0.2) is 24.2 Å². The fourth-order valence-corrected chi connectivity index (χ4v) is 1.79. The van der Waals surface area contributed by atoms with Crippen molar-refractivity contribution in [2.24, 2.45) is 0 Å². The summed E-state index contributed by atoms with van der Waals surface area (Å²) in [5, 5.41) is 0. The van der Waals surface area contributed by atoms with Gasteiger partial charge < -0.3 is 15.2 Å². The fourth-order valence-electron chi connectivity index (χ4n) is 1.79. The average Bonchev–Trinajstić information content (AvgIpc) is 2.46. The summed E-state index contributed by atoms with van der Waals surface area (Å²) in [6.07, 6.45) is 4.84. The Hall–Kier alpha value is -2.30. The normalized spacial score (nSPS) is 10.2. The van der Waals surface area contributed by atoms with E-state index in [1.165, 1.54) is 0 Å². The summed E-state index contributed by atoms with van der Waals surface area (Å²) >= 11 is 0. The predicted octanol–water partition coefficient (Wildman–Crippen LogP) is 1.86. The number of ether oxygens (including phenoxy) is 2. The van der Waals surface area contributed by atoms with Gasteiger partial charge in [-0.3, -0.25) is 0 Å². The van der Waals surface area contributed by atoms with Crippen molar-refractivity contribution >= 4 is 5.69 Å². The monoisotopic (exact) mass is 259 g/mol. The lowest BCUT2D eigenvalue weighted by Crippen LogP contribution is -2.00. The van der Waals surface area contributed by atoms with Gasteiger partial charge in [0.15, 0.2) is 11.5 Å². The van der Waals surface area contributed by atoms with Crippen LogP contribution in [0.2, 0.25) is 0 Å². The fraction of sp³-hybridized carbons (Fsp3) is 0.286. The number of nitrogen functional groups attached to an aromatic ring is 1. The van der Waals surface area contributed by atoms with Crippen molar-refractivity contribution in [1.82, 2.24) is 9.97 Å². The summed E-state index contributed by atoms with van der Waals surface area (Å²) in [5.74, 6) is 2.25. The number of hydrogen-bond donors (Lipinski definition) is 1. The van der Waals surface area contributed by atoms with Crippen molar-refractivity contribution in [2.75, 3.05) is 20.0 Å². The summed E-state index contributed by atoms with van der Waals surface area (Å²) < 4.78 is 10.5. The van der Waals surface area contributed by atoms with E-state index in [0.29, 0.717) is 5.69 Å². The lowest BCUT2D eigenvalue weighted by atomic mass is 10.1. The van der Waals surface area contributed by atoms with E-state index in [0.717, 1.165) is 35.7 Å². The van der Waals surface area contributed by atoms with Crippen LogP contribution >= 0.6 is 0 Å². The Balaban J connectivity index is 2.05. The topological polar surface area (TPSA) is 70.3 Å². The van der Waals surface area contributed by atoms with Gasteiger partial charge in [-0.05, 0) is 24.1 Å². The van der Waals surface area contributed by atoms with E-state index in [9.17, 15) is 0 Å². The van der Waals surface area contributed by atoms with Gasteiger partial charge in [-0.2, -0.15) is 0 Å². The molecule has 0 aliphatic heterocycles. The first-order chi connectivity index (χ1) is 9.22. The third kappa shape index (κ3) is 3.34. The Morgan fingerprint density at radius 2 is 1.68 bits per heavy atom. The van der Waals surface area contributed by atoms with Gasteiger partial charge in [0, 0.05) is 6.42 Å². The number of rotatable bonds is 5. The van der Waals surface area contributed by atoms with Crippen LogP contribution in [-0.2, 0) is 12.8 Å². The molecule has 0 aliphatic rings. The molecule has 0 unspecified atom stereocenters. The van der Waals surface area contributed by atoms with Gasteiger partial charge in [0.25, 0.3) is 0 Å². The maximum Gasteiger partial charge on any atom is 0.160 e. The number of hydrogen-bond acceptors (Lipinski definition) is 5. The highest BCUT2D eigenvalue weighted by Gasteiger charge is 2.05. The molecule has 1 aromatic carbocycles. The van der Waals surface area contributed by atoms with E-state index in [2.05, 4.69) is 9.97 Å².